The zero-order valence-electron chi connectivity index (χ0n) is 21.2. The highest BCUT2D eigenvalue weighted by Gasteiger charge is 2.30. The van der Waals surface area contributed by atoms with E-state index in [1.165, 1.54) is 12.1 Å². The fourth-order valence-corrected chi connectivity index (χ4v) is 6.20. The average Bonchev–Trinajstić information content (AvgIpc) is 2.91. The molecule has 2 N–H and O–H groups in total. The first kappa shape index (κ1) is 27.4. The van der Waals surface area contributed by atoms with Crippen LogP contribution in [0.15, 0.2) is 59.6 Å². The highest BCUT2D eigenvalue weighted by molar-refractivity contribution is 7.99. The Morgan fingerprint density at radius 1 is 1.19 bits per heavy atom. The minimum atomic E-state index is -0.764. The van der Waals surface area contributed by atoms with Crippen molar-refractivity contribution in [3.8, 4) is 5.75 Å². The number of aliphatic hydroxyl groups excluding tert-OH is 1. The van der Waals surface area contributed by atoms with Gasteiger partial charge in [-0.1, -0.05) is 0 Å². The molecule has 198 valence electrons. The molecule has 4 rings (SSSR count). The van der Waals surface area contributed by atoms with Gasteiger partial charge in [-0.2, -0.15) is 0 Å². The SMILES string of the molecule is COc1ccc2nccc([C@H](O)CC[C@@H]3CCN(CCSc4ccc(F)cc4)C[C@H]3CCC(=O)O)c2c1. The number of aliphatic hydroxyl groups is 1. The summed E-state index contributed by atoms with van der Waals surface area (Å²) >= 11 is 1.71. The third-order valence-electron chi connectivity index (χ3n) is 7.35. The largest absolute Gasteiger partial charge is 0.497 e. The Hall–Kier alpha value is -2.68. The van der Waals surface area contributed by atoms with Gasteiger partial charge in [0, 0.05) is 41.7 Å². The van der Waals surface area contributed by atoms with Crippen LogP contribution in [0.5, 0.6) is 5.75 Å². The zero-order valence-corrected chi connectivity index (χ0v) is 22.0. The molecule has 0 bridgehead atoms. The quantitative estimate of drug-likeness (QED) is 0.289. The molecule has 0 amide bonds. The van der Waals surface area contributed by atoms with Gasteiger partial charge in [0.2, 0.25) is 0 Å². The van der Waals surface area contributed by atoms with Crippen molar-refractivity contribution in [2.24, 2.45) is 11.8 Å². The Morgan fingerprint density at radius 2 is 2.00 bits per heavy atom. The van der Waals surface area contributed by atoms with E-state index in [1.807, 2.05) is 24.3 Å². The van der Waals surface area contributed by atoms with Crippen LogP contribution in [-0.2, 0) is 4.79 Å². The first-order chi connectivity index (χ1) is 17.9. The maximum Gasteiger partial charge on any atom is 0.303 e. The van der Waals surface area contributed by atoms with E-state index < -0.39 is 12.1 Å². The molecule has 3 atom stereocenters. The predicted molar refractivity (Wildman–Crippen MR) is 145 cm³/mol. The number of hydrogen-bond acceptors (Lipinski definition) is 6. The molecular weight excluding hydrogens is 491 g/mol. The number of likely N-dealkylation sites (tertiary alicyclic amines) is 1. The lowest BCUT2D eigenvalue weighted by molar-refractivity contribution is -0.137. The summed E-state index contributed by atoms with van der Waals surface area (Å²) in [7, 11) is 1.62. The van der Waals surface area contributed by atoms with Crippen LogP contribution in [0.1, 0.15) is 43.8 Å². The van der Waals surface area contributed by atoms with Gasteiger partial charge in [0.05, 0.1) is 18.7 Å². The summed E-state index contributed by atoms with van der Waals surface area (Å²) in [6.45, 7) is 2.74. The second kappa shape index (κ2) is 13.2. The van der Waals surface area contributed by atoms with Crippen molar-refractivity contribution in [1.82, 2.24) is 9.88 Å². The molecule has 6 nitrogen and oxygen atoms in total. The molecule has 1 aromatic heterocycles. The lowest BCUT2D eigenvalue weighted by Crippen LogP contribution is -2.41. The lowest BCUT2D eigenvalue weighted by Gasteiger charge is -2.39. The fourth-order valence-electron chi connectivity index (χ4n) is 5.29. The number of thioether (sulfide) groups is 1. The van der Waals surface area contributed by atoms with Crippen molar-refractivity contribution < 1.29 is 24.1 Å². The van der Waals surface area contributed by atoms with Crippen molar-refractivity contribution in [3.05, 3.63) is 66.1 Å². The molecule has 0 aliphatic carbocycles. The van der Waals surface area contributed by atoms with Crippen molar-refractivity contribution >= 4 is 28.6 Å². The number of halogens is 1. The molecule has 1 aliphatic rings. The number of pyridine rings is 1. The molecule has 2 heterocycles. The lowest BCUT2D eigenvalue weighted by atomic mass is 9.79. The van der Waals surface area contributed by atoms with E-state index in [0.717, 1.165) is 65.3 Å². The maximum absolute atomic E-state index is 13.1. The third-order valence-corrected chi connectivity index (χ3v) is 8.34. The first-order valence-corrected chi connectivity index (χ1v) is 13.8. The molecule has 1 aliphatic heterocycles. The molecule has 2 aromatic carbocycles. The highest BCUT2D eigenvalue weighted by atomic mass is 32.2. The number of aromatic nitrogens is 1. The van der Waals surface area contributed by atoms with Gasteiger partial charge in [0.1, 0.15) is 11.6 Å². The monoisotopic (exact) mass is 526 g/mol. The Morgan fingerprint density at radius 3 is 2.76 bits per heavy atom. The summed E-state index contributed by atoms with van der Waals surface area (Å²) in [5.41, 5.74) is 1.67. The smallest absolute Gasteiger partial charge is 0.303 e. The van der Waals surface area contributed by atoms with Gasteiger partial charge in [-0.3, -0.25) is 9.78 Å². The third kappa shape index (κ3) is 7.66. The summed E-state index contributed by atoms with van der Waals surface area (Å²) < 4.78 is 18.5. The minimum absolute atomic E-state index is 0.163. The highest BCUT2D eigenvalue weighted by Crippen LogP contribution is 2.35. The number of nitrogens with zero attached hydrogens (tertiary/aromatic N) is 2. The van der Waals surface area contributed by atoms with Crippen LogP contribution in [0.4, 0.5) is 4.39 Å². The number of rotatable bonds is 12. The number of fused-ring (bicyclic) bond motifs is 1. The van der Waals surface area contributed by atoms with Crippen LogP contribution in [0.25, 0.3) is 10.9 Å². The van der Waals surface area contributed by atoms with Crippen LogP contribution in [0.2, 0.25) is 0 Å². The molecule has 3 aromatic rings. The minimum Gasteiger partial charge on any atom is -0.497 e. The van der Waals surface area contributed by atoms with Crippen LogP contribution in [0, 0.1) is 17.7 Å². The van der Waals surface area contributed by atoms with Crippen molar-refractivity contribution in [3.63, 3.8) is 0 Å². The van der Waals surface area contributed by atoms with Gasteiger partial charge in [-0.15, -0.1) is 11.8 Å². The van der Waals surface area contributed by atoms with Crippen LogP contribution in [0.3, 0.4) is 0 Å². The number of piperidine rings is 1. The normalized spacial score (nSPS) is 19.1. The number of ether oxygens (including phenoxy) is 1. The van der Waals surface area contributed by atoms with Gasteiger partial charge in [0.25, 0.3) is 0 Å². The second-order valence-corrected chi connectivity index (χ2v) is 10.9. The summed E-state index contributed by atoms with van der Waals surface area (Å²) in [5.74, 6) is 1.29. The van der Waals surface area contributed by atoms with E-state index in [0.29, 0.717) is 18.8 Å². The fraction of sp³-hybridized carbons (Fsp3) is 0.448. The summed E-state index contributed by atoms with van der Waals surface area (Å²) in [6.07, 6.45) is 4.36. The molecule has 1 saturated heterocycles. The predicted octanol–water partition coefficient (Wildman–Crippen LogP) is 5.79. The maximum atomic E-state index is 13.1. The van der Waals surface area contributed by atoms with Crippen LogP contribution in [-0.4, -0.2) is 58.6 Å². The van der Waals surface area contributed by atoms with E-state index in [-0.39, 0.29) is 18.2 Å². The standard InChI is InChI=1S/C29H35FN2O4S/c1-36-23-6-9-27-26(18-23)25(12-14-31-27)28(33)10-2-20-13-15-32(19-21(20)3-11-29(34)35)16-17-37-24-7-4-22(30)5-8-24/h4-9,12,14,18,20-21,28,33H,2-3,10-11,13,15-17,19H2,1H3,(H,34,35)/t20-,21-,28-/m1/s1. The Kier molecular flexibility index (Phi) is 9.77. The number of benzene rings is 2. The number of methoxy groups -OCH3 is 1. The number of aliphatic carboxylic acids is 1. The number of carboxylic acid groups (broad SMARTS) is 1. The summed E-state index contributed by atoms with van der Waals surface area (Å²) in [5, 5.41) is 21.3. The number of carboxylic acids is 1. The zero-order chi connectivity index (χ0) is 26.2. The molecule has 1 fully saturated rings. The number of carbonyl (C=O) groups is 1. The molecule has 0 unspecified atom stereocenters. The van der Waals surface area contributed by atoms with E-state index >= 15 is 0 Å². The first-order valence-electron chi connectivity index (χ1n) is 12.9. The van der Waals surface area contributed by atoms with Gasteiger partial charge in [-0.05, 0) is 98.2 Å². The Balaban J connectivity index is 1.34. The van der Waals surface area contributed by atoms with Gasteiger partial charge in [-0.25, -0.2) is 4.39 Å². The molecule has 37 heavy (non-hydrogen) atoms. The van der Waals surface area contributed by atoms with Gasteiger partial charge in [0.15, 0.2) is 0 Å². The molecule has 8 heteroatoms. The van der Waals surface area contributed by atoms with E-state index in [2.05, 4.69) is 9.88 Å². The second-order valence-electron chi connectivity index (χ2n) is 9.72. The van der Waals surface area contributed by atoms with Crippen molar-refractivity contribution in [2.75, 3.05) is 32.5 Å². The van der Waals surface area contributed by atoms with Crippen molar-refractivity contribution in [1.29, 1.82) is 0 Å². The topological polar surface area (TPSA) is 82.9 Å². The average molecular weight is 527 g/mol. The van der Waals surface area contributed by atoms with E-state index in [9.17, 15) is 19.4 Å². The van der Waals surface area contributed by atoms with Gasteiger partial charge < -0.3 is 19.8 Å². The molecule has 0 spiro atoms. The molecular formula is C29H35FN2O4S. The summed E-state index contributed by atoms with van der Waals surface area (Å²) in [6, 6.07) is 14.1. The Labute approximate surface area is 221 Å². The van der Waals surface area contributed by atoms with E-state index in [4.69, 9.17) is 4.74 Å². The summed E-state index contributed by atoms with van der Waals surface area (Å²) in [4.78, 5) is 19.2. The molecule has 0 saturated carbocycles. The Bertz CT molecular complexity index is 1180. The molecule has 0 radical (unpaired) electrons. The van der Waals surface area contributed by atoms with E-state index in [1.54, 1.807) is 37.2 Å². The number of hydrogen-bond donors (Lipinski definition) is 2. The van der Waals surface area contributed by atoms with Crippen molar-refractivity contribution in [2.45, 2.75) is 43.1 Å². The van der Waals surface area contributed by atoms with Crippen LogP contribution < -0.4 is 4.74 Å². The van der Waals surface area contributed by atoms with Gasteiger partial charge >= 0.3 is 5.97 Å². The van der Waals surface area contributed by atoms with Crippen LogP contribution >= 0.6 is 11.8 Å².